The van der Waals surface area contributed by atoms with Gasteiger partial charge in [-0.15, -0.1) is 48.0 Å². The van der Waals surface area contributed by atoms with Gasteiger partial charge in [-0.1, -0.05) is 129 Å². The first-order valence-corrected chi connectivity index (χ1v) is 19.8. The van der Waals surface area contributed by atoms with Gasteiger partial charge in [0.2, 0.25) is 0 Å². The van der Waals surface area contributed by atoms with Crippen LogP contribution in [-0.4, -0.2) is 18.0 Å². The van der Waals surface area contributed by atoms with Gasteiger partial charge in [-0.3, -0.25) is 0 Å². The van der Waals surface area contributed by atoms with Crippen molar-refractivity contribution in [3.05, 3.63) is 139 Å². The molecular weight excluding hydrogens is 781 g/mol. The summed E-state index contributed by atoms with van der Waals surface area (Å²) >= 11 is 0. The number of rotatable bonds is 5. The zero-order chi connectivity index (χ0) is 33.2. The molecule has 3 heterocycles. The van der Waals surface area contributed by atoms with Gasteiger partial charge in [0.15, 0.2) is 0 Å². The Labute approximate surface area is 299 Å². The molecule has 0 amide bonds. The minimum absolute atomic E-state index is 0. The second-order valence-corrected chi connectivity index (χ2v) is 19.5. The van der Waals surface area contributed by atoms with Crippen LogP contribution in [0.4, 0.5) is 0 Å². The third-order valence-corrected chi connectivity index (χ3v) is 10.4. The van der Waals surface area contributed by atoms with Gasteiger partial charge in [0, 0.05) is 37.9 Å². The van der Waals surface area contributed by atoms with E-state index in [1.54, 1.807) is 0 Å². The van der Waals surface area contributed by atoms with E-state index in [4.69, 9.17) is 9.40 Å². The fraction of sp³-hybridized carbons (Fsp3) is 0.209. The molecule has 1 radical (unpaired) electrons. The smallest absolute Gasteiger partial charge is 0.120 e. The average molecular weight is 823 g/mol. The summed E-state index contributed by atoms with van der Waals surface area (Å²) in [6.07, 6.45) is 4.99. The van der Waals surface area contributed by atoms with Crippen molar-refractivity contribution < 1.29 is 24.5 Å². The maximum Gasteiger partial charge on any atom is 0.120 e. The SMILES string of the molecule is C[Si](C)(C)c1ccc(-c2[c-]cccc2)nc1.Cc1cnc(-c2[c-]cc(-c3ccccc3)c3c2oc2ccccc23)cc1CC(C)(C)C.[Ir]. The predicted octanol–water partition coefficient (Wildman–Crippen LogP) is 11.1. The summed E-state index contributed by atoms with van der Waals surface area (Å²) in [6, 6.07) is 41.9. The van der Waals surface area contributed by atoms with Crippen LogP contribution >= 0.6 is 0 Å². The van der Waals surface area contributed by atoms with Crippen molar-refractivity contribution in [2.75, 3.05) is 0 Å². The molecule has 0 fully saturated rings. The fourth-order valence-electron chi connectivity index (χ4n) is 5.82. The topological polar surface area (TPSA) is 38.9 Å². The third kappa shape index (κ3) is 7.93. The van der Waals surface area contributed by atoms with Crippen molar-refractivity contribution in [1.82, 2.24) is 9.97 Å². The monoisotopic (exact) mass is 823 g/mol. The van der Waals surface area contributed by atoms with Crippen LogP contribution in [0.1, 0.15) is 31.9 Å². The second kappa shape index (κ2) is 14.5. The molecule has 0 saturated carbocycles. The van der Waals surface area contributed by atoms with Crippen molar-refractivity contribution in [3.8, 4) is 33.6 Å². The summed E-state index contributed by atoms with van der Waals surface area (Å²) in [7, 11) is -1.23. The van der Waals surface area contributed by atoms with E-state index in [0.29, 0.717) is 0 Å². The minimum Gasteiger partial charge on any atom is -0.501 e. The van der Waals surface area contributed by atoms with Gasteiger partial charge in [-0.25, -0.2) is 0 Å². The van der Waals surface area contributed by atoms with Crippen LogP contribution in [0.2, 0.25) is 19.6 Å². The summed E-state index contributed by atoms with van der Waals surface area (Å²) in [5.74, 6) is 0. The Bertz CT molecular complexity index is 2130. The van der Waals surface area contributed by atoms with Gasteiger partial charge in [0.25, 0.3) is 0 Å². The molecule has 0 atom stereocenters. The maximum absolute atomic E-state index is 6.40. The molecule has 4 aromatic carbocycles. The summed E-state index contributed by atoms with van der Waals surface area (Å²) in [4.78, 5) is 9.29. The molecule has 3 aromatic heterocycles. The van der Waals surface area contributed by atoms with Gasteiger partial charge in [0.1, 0.15) is 5.58 Å². The van der Waals surface area contributed by atoms with E-state index in [1.807, 2.05) is 54.9 Å². The Morgan fingerprint density at radius 1 is 0.771 bits per heavy atom. The third-order valence-electron chi connectivity index (χ3n) is 8.34. The summed E-state index contributed by atoms with van der Waals surface area (Å²) in [6.45, 7) is 15.9. The van der Waals surface area contributed by atoms with E-state index >= 15 is 0 Å². The molecule has 0 bridgehead atoms. The molecule has 0 unspecified atom stereocenters. The van der Waals surface area contributed by atoms with Crippen LogP contribution in [0.3, 0.4) is 0 Å². The van der Waals surface area contributed by atoms with Crippen molar-refractivity contribution in [2.24, 2.45) is 5.41 Å². The van der Waals surface area contributed by atoms with E-state index in [-0.39, 0.29) is 25.5 Å². The normalized spacial score (nSPS) is 11.6. The Balaban J connectivity index is 0.000000224. The molecule has 48 heavy (non-hydrogen) atoms. The van der Waals surface area contributed by atoms with Crippen molar-refractivity contribution >= 4 is 35.2 Å². The van der Waals surface area contributed by atoms with Crippen LogP contribution in [0.15, 0.2) is 120 Å². The number of aromatic nitrogens is 2. The zero-order valence-electron chi connectivity index (χ0n) is 28.8. The number of nitrogens with zero attached hydrogens (tertiary/aromatic N) is 2. The molecule has 0 spiro atoms. The number of pyridine rings is 2. The van der Waals surface area contributed by atoms with E-state index < -0.39 is 8.07 Å². The minimum atomic E-state index is -1.23. The number of furan rings is 1. The molecule has 0 aliphatic carbocycles. The molecule has 0 N–H and O–H groups in total. The number of hydrogen-bond donors (Lipinski definition) is 0. The second-order valence-electron chi connectivity index (χ2n) is 14.4. The Hall–Kier alpha value is -4.15. The van der Waals surface area contributed by atoms with E-state index in [1.165, 1.54) is 16.3 Å². The van der Waals surface area contributed by atoms with Gasteiger partial charge >= 0.3 is 0 Å². The van der Waals surface area contributed by atoms with Gasteiger partial charge < -0.3 is 14.4 Å². The zero-order valence-corrected chi connectivity index (χ0v) is 32.2. The van der Waals surface area contributed by atoms with Crippen LogP contribution in [0.25, 0.3) is 55.6 Å². The van der Waals surface area contributed by atoms with Gasteiger partial charge in [-0.2, -0.15) is 0 Å². The predicted molar refractivity (Wildman–Crippen MR) is 201 cm³/mol. The average Bonchev–Trinajstić information content (AvgIpc) is 3.45. The van der Waals surface area contributed by atoms with Crippen LogP contribution in [0, 0.1) is 24.5 Å². The van der Waals surface area contributed by atoms with Crippen LogP contribution in [-0.2, 0) is 26.5 Å². The fourth-order valence-corrected chi connectivity index (χ4v) is 6.86. The Kier molecular flexibility index (Phi) is 10.6. The van der Waals surface area contributed by atoms with Gasteiger partial charge in [0.05, 0.1) is 13.7 Å². The number of benzene rings is 4. The van der Waals surface area contributed by atoms with E-state index in [0.717, 1.165) is 62.0 Å². The molecule has 245 valence electrons. The largest absolute Gasteiger partial charge is 0.501 e. The first kappa shape index (κ1) is 35.2. The number of hydrogen-bond acceptors (Lipinski definition) is 3. The summed E-state index contributed by atoms with van der Waals surface area (Å²) < 4.78 is 6.40. The van der Waals surface area contributed by atoms with Crippen molar-refractivity contribution in [1.29, 1.82) is 0 Å². The standard InChI is InChI=1S/C29H26NO.C14H16NSi.Ir/c1-19-18-30-25(16-21(19)17-29(2,3)4)23-15-14-22(20-10-6-5-7-11-20)27-24-12-8-9-13-26(24)31-28(23)27;1-16(2,3)13-9-10-14(15-11-13)12-7-5-4-6-8-12;/h5-14,16,18H,17H2,1-4H3;4-7,9-11H,1-3H3;/q2*-1;. The molecule has 3 nitrogen and oxygen atoms in total. The molecule has 7 rings (SSSR count). The van der Waals surface area contributed by atoms with Crippen molar-refractivity contribution in [3.63, 3.8) is 0 Å². The van der Waals surface area contributed by atoms with Crippen LogP contribution < -0.4 is 5.19 Å². The Morgan fingerprint density at radius 3 is 2.15 bits per heavy atom. The maximum atomic E-state index is 6.40. The molecular formula is C43H42IrN2OSi-2. The molecule has 0 saturated heterocycles. The molecule has 0 aliphatic rings. The van der Waals surface area contributed by atoms with Gasteiger partial charge in [-0.05, 0) is 52.4 Å². The number of aryl methyl sites for hydroxylation is 1. The quantitative estimate of drug-likeness (QED) is 0.128. The number of para-hydroxylation sites is 1. The molecule has 7 aromatic rings. The summed E-state index contributed by atoms with van der Waals surface area (Å²) in [5, 5.41) is 3.64. The molecule has 0 aliphatic heterocycles. The van der Waals surface area contributed by atoms with Crippen LogP contribution in [0.5, 0.6) is 0 Å². The van der Waals surface area contributed by atoms with E-state index in [9.17, 15) is 0 Å². The summed E-state index contributed by atoms with van der Waals surface area (Å²) in [5.41, 5.74) is 10.7. The van der Waals surface area contributed by atoms with Crippen molar-refractivity contribution in [2.45, 2.75) is 53.8 Å². The number of fused-ring (bicyclic) bond motifs is 3. The Morgan fingerprint density at radius 2 is 1.48 bits per heavy atom. The van der Waals surface area contributed by atoms with E-state index in [2.05, 4.69) is 125 Å². The molecule has 5 heteroatoms. The first-order chi connectivity index (χ1) is 22.5. The first-order valence-electron chi connectivity index (χ1n) is 16.3.